The maximum Gasteiger partial charge on any atom is 0.307 e. The van der Waals surface area contributed by atoms with E-state index in [1.54, 1.807) is 17.0 Å². The van der Waals surface area contributed by atoms with Crippen molar-refractivity contribution in [2.75, 3.05) is 20.2 Å². The van der Waals surface area contributed by atoms with E-state index in [0.29, 0.717) is 28.7 Å². The van der Waals surface area contributed by atoms with Crippen molar-refractivity contribution in [3.63, 3.8) is 0 Å². The summed E-state index contributed by atoms with van der Waals surface area (Å²) >= 11 is 11.7. The lowest BCUT2D eigenvalue weighted by Gasteiger charge is -2.20. The molecule has 6 heteroatoms. The molecule has 0 aliphatic carbocycles. The first kappa shape index (κ1) is 15.8. The van der Waals surface area contributed by atoms with Crippen molar-refractivity contribution in [1.82, 2.24) is 4.90 Å². The molecule has 0 saturated carbocycles. The monoisotopic (exact) mass is 303 g/mol. The van der Waals surface area contributed by atoms with E-state index in [0.717, 1.165) is 0 Å². The first-order chi connectivity index (χ1) is 8.99. The lowest BCUT2D eigenvalue weighted by molar-refractivity contribution is -0.140. The number of hydrogen-bond donors (Lipinski definition) is 0. The van der Waals surface area contributed by atoms with Gasteiger partial charge in [0.15, 0.2) is 0 Å². The van der Waals surface area contributed by atoms with Crippen LogP contribution in [-0.2, 0) is 9.53 Å². The number of halogens is 2. The summed E-state index contributed by atoms with van der Waals surface area (Å²) in [5, 5.41) is 0.729. The van der Waals surface area contributed by atoms with Gasteiger partial charge in [-0.3, -0.25) is 9.59 Å². The lowest BCUT2D eigenvalue weighted by Crippen LogP contribution is -2.33. The van der Waals surface area contributed by atoms with Gasteiger partial charge in [0.05, 0.1) is 23.6 Å². The molecule has 0 spiro atoms. The average molecular weight is 304 g/mol. The van der Waals surface area contributed by atoms with Gasteiger partial charge in [-0.1, -0.05) is 23.2 Å². The largest absolute Gasteiger partial charge is 0.469 e. The zero-order valence-corrected chi connectivity index (χ0v) is 12.3. The van der Waals surface area contributed by atoms with Gasteiger partial charge < -0.3 is 9.64 Å². The van der Waals surface area contributed by atoms with E-state index in [9.17, 15) is 9.59 Å². The molecule has 4 nitrogen and oxygen atoms in total. The van der Waals surface area contributed by atoms with Crippen LogP contribution in [0.25, 0.3) is 0 Å². The Morgan fingerprint density at radius 3 is 2.47 bits per heavy atom. The van der Waals surface area contributed by atoms with Crippen LogP contribution in [0.1, 0.15) is 23.7 Å². The maximum atomic E-state index is 12.2. The van der Waals surface area contributed by atoms with Crippen LogP contribution in [0.2, 0.25) is 10.0 Å². The molecule has 0 heterocycles. The van der Waals surface area contributed by atoms with Gasteiger partial charge in [0.1, 0.15) is 0 Å². The van der Waals surface area contributed by atoms with Gasteiger partial charge in [0.25, 0.3) is 5.91 Å². The first-order valence-electron chi connectivity index (χ1n) is 5.80. The summed E-state index contributed by atoms with van der Waals surface area (Å²) in [4.78, 5) is 24.9. The van der Waals surface area contributed by atoms with Crippen LogP contribution < -0.4 is 0 Å². The predicted octanol–water partition coefficient (Wildman–Crippen LogP) is 3.02. The summed E-state index contributed by atoms with van der Waals surface area (Å²) in [6, 6.07) is 4.70. The van der Waals surface area contributed by atoms with Gasteiger partial charge in [0.2, 0.25) is 0 Å². The minimum Gasteiger partial charge on any atom is -0.469 e. The maximum absolute atomic E-state index is 12.2. The Kier molecular flexibility index (Phi) is 6.12. The molecular formula is C13H15Cl2NO3. The van der Waals surface area contributed by atoms with E-state index < -0.39 is 0 Å². The third-order valence-corrected chi connectivity index (χ3v) is 3.39. The van der Waals surface area contributed by atoms with Crippen molar-refractivity contribution in [2.45, 2.75) is 13.3 Å². The number of methoxy groups -OCH3 is 1. The molecule has 1 aromatic rings. The normalized spacial score (nSPS) is 10.1. The van der Waals surface area contributed by atoms with E-state index in [1.807, 2.05) is 6.92 Å². The van der Waals surface area contributed by atoms with E-state index in [4.69, 9.17) is 23.2 Å². The van der Waals surface area contributed by atoms with Gasteiger partial charge in [-0.05, 0) is 25.1 Å². The molecule has 0 fully saturated rings. The number of esters is 1. The van der Waals surface area contributed by atoms with Crippen molar-refractivity contribution < 1.29 is 14.3 Å². The Morgan fingerprint density at radius 1 is 1.26 bits per heavy atom. The van der Waals surface area contributed by atoms with Crippen molar-refractivity contribution in [3.05, 3.63) is 33.8 Å². The molecule has 19 heavy (non-hydrogen) atoms. The molecule has 0 aliphatic heterocycles. The number of carbonyl (C=O) groups is 2. The summed E-state index contributed by atoms with van der Waals surface area (Å²) in [7, 11) is 1.32. The highest BCUT2D eigenvalue weighted by atomic mass is 35.5. The van der Waals surface area contributed by atoms with Crippen LogP contribution in [0.3, 0.4) is 0 Å². The van der Waals surface area contributed by atoms with E-state index in [-0.39, 0.29) is 18.3 Å². The highest BCUT2D eigenvalue weighted by Gasteiger charge is 2.16. The predicted molar refractivity (Wildman–Crippen MR) is 74.7 cm³/mol. The molecule has 0 N–H and O–H groups in total. The molecule has 1 amide bonds. The fraction of sp³-hybridized carbons (Fsp3) is 0.385. The topological polar surface area (TPSA) is 46.6 Å². The average Bonchev–Trinajstić information content (AvgIpc) is 2.41. The number of nitrogens with zero attached hydrogens (tertiary/aromatic N) is 1. The van der Waals surface area contributed by atoms with Crippen molar-refractivity contribution in [1.29, 1.82) is 0 Å². The second-order valence-electron chi connectivity index (χ2n) is 3.84. The van der Waals surface area contributed by atoms with E-state index >= 15 is 0 Å². The zero-order valence-electron chi connectivity index (χ0n) is 10.8. The molecule has 1 aromatic carbocycles. The Morgan fingerprint density at radius 2 is 1.95 bits per heavy atom. The van der Waals surface area contributed by atoms with Gasteiger partial charge in [-0.2, -0.15) is 0 Å². The molecule has 0 unspecified atom stereocenters. The third-order valence-electron chi connectivity index (χ3n) is 2.65. The van der Waals surface area contributed by atoms with Crippen LogP contribution in [-0.4, -0.2) is 37.0 Å². The summed E-state index contributed by atoms with van der Waals surface area (Å²) in [5.41, 5.74) is 0.445. The standard InChI is InChI=1S/C13H15Cl2NO3/c1-3-16(7-6-12(17)19-2)13(18)9-4-5-10(14)11(15)8-9/h4-5,8H,3,6-7H2,1-2H3. The number of ether oxygens (including phenoxy) is 1. The molecular weight excluding hydrogens is 289 g/mol. The third kappa shape index (κ3) is 4.40. The second-order valence-corrected chi connectivity index (χ2v) is 4.65. The van der Waals surface area contributed by atoms with Gasteiger partial charge in [0, 0.05) is 18.7 Å². The summed E-state index contributed by atoms with van der Waals surface area (Å²) in [6.07, 6.45) is 0.164. The highest BCUT2D eigenvalue weighted by Crippen LogP contribution is 2.23. The fourth-order valence-electron chi connectivity index (χ4n) is 1.54. The molecule has 0 aromatic heterocycles. The Bertz CT molecular complexity index is 477. The molecule has 0 radical (unpaired) electrons. The Hall–Kier alpha value is -1.26. The van der Waals surface area contributed by atoms with Crippen molar-refractivity contribution in [3.8, 4) is 0 Å². The minimum absolute atomic E-state index is 0.164. The molecule has 0 atom stereocenters. The zero-order chi connectivity index (χ0) is 14.4. The number of carbonyl (C=O) groups excluding carboxylic acids is 2. The van der Waals surface area contributed by atoms with Crippen LogP contribution in [0.4, 0.5) is 0 Å². The Labute approximate surface area is 122 Å². The molecule has 0 bridgehead atoms. The fourth-order valence-corrected chi connectivity index (χ4v) is 1.84. The quantitative estimate of drug-likeness (QED) is 0.786. The number of amides is 1. The van der Waals surface area contributed by atoms with Crippen molar-refractivity contribution in [2.24, 2.45) is 0 Å². The van der Waals surface area contributed by atoms with Gasteiger partial charge >= 0.3 is 5.97 Å². The highest BCUT2D eigenvalue weighted by molar-refractivity contribution is 6.42. The SMILES string of the molecule is CCN(CCC(=O)OC)C(=O)c1ccc(Cl)c(Cl)c1. The summed E-state index contributed by atoms with van der Waals surface area (Å²) in [5.74, 6) is -0.537. The van der Waals surface area contributed by atoms with Crippen LogP contribution in [0, 0.1) is 0 Å². The van der Waals surface area contributed by atoms with Crippen LogP contribution in [0.15, 0.2) is 18.2 Å². The second kappa shape index (κ2) is 7.36. The number of hydrogen-bond acceptors (Lipinski definition) is 3. The molecule has 1 rings (SSSR count). The summed E-state index contributed by atoms with van der Waals surface area (Å²) in [6.45, 7) is 2.64. The summed E-state index contributed by atoms with van der Waals surface area (Å²) < 4.78 is 4.55. The smallest absolute Gasteiger partial charge is 0.307 e. The lowest BCUT2D eigenvalue weighted by atomic mass is 10.2. The minimum atomic E-state index is -0.347. The van der Waals surface area contributed by atoms with Crippen molar-refractivity contribution >= 4 is 35.1 Å². The van der Waals surface area contributed by atoms with Crippen LogP contribution in [0.5, 0.6) is 0 Å². The molecule has 0 aliphatic rings. The Balaban J connectivity index is 2.77. The number of benzene rings is 1. The van der Waals surface area contributed by atoms with Gasteiger partial charge in [-0.15, -0.1) is 0 Å². The molecule has 0 saturated heterocycles. The van der Waals surface area contributed by atoms with E-state index in [1.165, 1.54) is 13.2 Å². The molecule has 104 valence electrons. The van der Waals surface area contributed by atoms with Gasteiger partial charge in [-0.25, -0.2) is 0 Å². The first-order valence-corrected chi connectivity index (χ1v) is 6.56. The van der Waals surface area contributed by atoms with E-state index in [2.05, 4.69) is 4.74 Å². The van der Waals surface area contributed by atoms with Crippen LogP contribution >= 0.6 is 23.2 Å². The number of rotatable bonds is 5.